The molecule has 0 aliphatic rings. The Bertz CT molecular complexity index is 520. The number of anilines is 1. The molecule has 2 rings (SSSR count). The van der Waals surface area contributed by atoms with Crippen LogP contribution in [0, 0.1) is 12.7 Å². The molecule has 0 heterocycles. The van der Waals surface area contributed by atoms with Crippen molar-refractivity contribution in [3.05, 3.63) is 58.4 Å². The summed E-state index contributed by atoms with van der Waals surface area (Å²) in [5, 5.41) is 0.653. The molecule has 0 atom stereocenters. The second-order valence-electron chi connectivity index (χ2n) is 4.05. The largest absolute Gasteiger partial charge is 0.399 e. The highest BCUT2D eigenvalue weighted by Gasteiger charge is 2.04. The molecule has 4 heteroatoms. The number of hydrogen-bond acceptors (Lipinski definition) is 2. The van der Waals surface area contributed by atoms with E-state index in [2.05, 4.69) is 0 Å². The Balaban J connectivity index is 2.11. The molecular formula is C14H13ClFNS. The molecule has 0 aliphatic heterocycles. The lowest BCUT2D eigenvalue weighted by atomic mass is 10.1. The lowest BCUT2D eigenvalue weighted by molar-refractivity contribution is 0.626. The summed E-state index contributed by atoms with van der Waals surface area (Å²) in [6, 6.07) is 10.3. The quantitative estimate of drug-likeness (QED) is 0.654. The third kappa shape index (κ3) is 3.18. The van der Waals surface area contributed by atoms with Gasteiger partial charge < -0.3 is 5.73 Å². The van der Waals surface area contributed by atoms with Gasteiger partial charge in [-0.3, -0.25) is 0 Å². The maximum Gasteiger partial charge on any atom is 0.123 e. The first-order chi connectivity index (χ1) is 8.56. The van der Waals surface area contributed by atoms with Crippen LogP contribution in [-0.4, -0.2) is 0 Å². The second kappa shape index (κ2) is 5.63. The third-order valence-corrected chi connectivity index (χ3v) is 4.19. The first-order valence-electron chi connectivity index (χ1n) is 5.49. The van der Waals surface area contributed by atoms with Crippen LogP contribution in [0.1, 0.15) is 11.1 Å². The van der Waals surface area contributed by atoms with Gasteiger partial charge in [-0.2, -0.15) is 0 Å². The lowest BCUT2D eigenvalue weighted by Gasteiger charge is -2.07. The average molecular weight is 282 g/mol. The smallest absolute Gasteiger partial charge is 0.123 e. The molecule has 94 valence electrons. The van der Waals surface area contributed by atoms with Gasteiger partial charge in [0.1, 0.15) is 5.82 Å². The molecule has 0 bridgehead atoms. The van der Waals surface area contributed by atoms with Crippen LogP contribution in [-0.2, 0) is 5.75 Å². The van der Waals surface area contributed by atoms with Gasteiger partial charge in [-0.05, 0) is 48.4 Å². The van der Waals surface area contributed by atoms with Crippen LogP contribution in [0.3, 0.4) is 0 Å². The van der Waals surface area contributed by atoms with E-state index < -0.39 is 0 Å². The summed E-state index contributed by atoms with van der Waals surface area (Å²) in [6.45, 7) is 1.91. The van der Waals surface area contributed by atoms with Crippen LogP contribution in [0.2, 0.25) is 5.02 Å². The van der Waals surface area contributed by atoms with Crippen molar-refractivity contribution in [2.45, 2.75) is 17.6 Å². The minimum atomic E-state index is -0.202. The number of nitrogen functional groups attached to an aromatic ring is 1. The summed E-state index contributed by atoms with van der Waals surface area (Å²) < 4.78 is 13.0. The zero-order valence-electron chi connectivity index (χ0n) is 9.91. The molecule has 0 saturated carbocycles. The van der Waals surface area contributed by atoms with E-state index >= 15 is 0 Å². The summed E-state index contributed by atoms with van der Waals surface area (Å²) in [5.74, 6) is 0.558. The lowest BCUT2D eigenvalue weighted by Crippen LogP contribution is -1.89. The van der Waals surface area contributed by atoms with E-state index in [4.69, 9.17) is 17.3 Å². The van der Waals surface area contributed by atoms with E-state index in [0.29, 0.717) is 10.7 Å². The SMILES string of the molecule is Cc1cc(F)ccc1CSc1ccc(N)cc1Cl. The molecule has 0 spiro atoms. The third-order valence-electron chi connectivity index (χ3n) is 2.64. The van der Waals surface area contributed by atoms with Gasteiger partial charge in [-0.25, -0.2) is 4.39 Å². The monoisotopic (exact) mass is 281 g/mol. The van der Waals surface area contributed by atoms with Crippen molar-refractivity contribution in [1.82, 2.24) is 0 Å². The van der Waals surface area contributed by atoms with Gasteiger partial charge in [0, 0.05) is 16.3 Å². The van der Waals surface area contributed by atoms with Crippen LogP contribution in [0.25, 0.3) is 0 Å². The van der Waals surface area contributed by atoms with Gasteiger partial charge in [-0.1, -0.05) is 17.7 Å². The minimum absolute atomic E-state index is 0.202. The molecule has 0 fully saturated rings. The van der Waals surface area contributed by atoms with Crippen LogP contribution < -0.4 is 5.73 Å². The predicted molar refractivity (Wildman–Crippen MR) is 76.6 cm³/mol. The van der Waals surface area contributed by atoms with Gasteiger partial charge in [0.25, 0.3) is 0 Å². The van der Waals surface area contributed by atoms with E-state index in [1.807, 2.05) is 25.1 Å². The highest BCUT2D eigenvalue weighted by molar-refractivity contribution is 7.98. The van der Waals surface area contributed by atoms with E-state index in [0.717, 1.165) is 21.8 Å². The Morgan fingerprint density at radius 2 is 2.00 bits per heavy atom. The fraction of sp³-hybridized carbons (Fsp3) is 0.143. The van der Waals surface area contributed by atoms with Crippen molar-refractivity contribution >= 4 is 29.1 Å². The van der Waals surface area contributed by atoms with Crippen molar-refractivity contribution in [1.29, 1.82) is 0 Å². The highest BCUT2D eigenvalue weighted by atomic mass is 35.5. The van der Waals surface area contributed by atoms with Gasteiger partial charge in [0.05, 0.1) is 5.02 Å². The van der Waals surface area contributed by atoms with Crippen molar-refractivity contribution in [2.75, 3.05) is 5.73 Å². The summed E-state index contributed by atoms with van der Waals surface area (Å²) in [6.07, 6.45) is 0. The van der Waals surface area contributed by atoms with Crippen molar-refractivity contribution in [2.24, 2.45) is 0 Å². The van der Waals surface area contributed by atoms with Gasteiger partial charge in [-0.15, -0.1) is 11.8 Å². The summed E-state index contributed by atoms with van der Waals surface area (Å²) in [5.41, 5.74) is 8.35. The number of benzene rings is 2. The number of rotatable bonds is 3. The van der Waals surface area contributed by atoms with Crippen LogP contribution in [0.15, 0.2) is 41.3 Å². The Morgan fingerprint density at radius 1 is 1.22 bits per heavy atom. The van der Waals surface area contributed by atoms with Crippen molar-refractivity contribution in [3.8, 4) is 0 Å². The van der Waals surface area contributed by atoms with Gasteiger partial charge in [0.2, 0.25) is 0 Å². The topological polar surface area (TPSA) is 26.0 Å². The van der Waals surface area contributed by atoms with E-state index in [1.54, 1.807) is 23.9 Å². The zero-order valence-corrected chi connectivity index (χ0v) is 11.5. The molecule has 0 aromatic heterocycles. The first-order valence-corrected chi connectivity index (χ1v) is 6.85. The molecule has 1 nitrogen and oxygen atoms in total. The molecular weight excluding hydrogens is 269 g/mol. The summed E-state index contributed by atoms with van der Waals surface area (Å²) >= 11 is 7.72. The molecule has 2 aromatic rings. The van der Waals surface area contributed by atoms with E-state index in [9.17, 15) is 4.39 Å². The first kappa shape index (κ1) is 13.2. The standard InChI is InChI=1S/C14H13ClFNS/c1-9-6-11(16)3-2-10(9)8-18-14-5-4-12(17)7-13(14)15/h2-7H,8,17H2,1H3. The van der Waals surface area contributed by atoms with Crippen LogP contribution in [0.5, 0.6) is 0 Å². The minimum Gasteiger partial charge on any atom is -0.399 e. The Morgan fingerprint density at radius 3 is 2.67 bits per heavy atom. The molecule has 0 unspecified atom stereocenters. The number of aryl methyl sites for hydroxylation is 1. The number of nitrogens with two attached hydrogens (primary N) is 1. The highest BCUT2D eigenvalue weighted by Crippen LogP contribution is 2.31. The zero-order chi connectivity index (χ0) is 13.1. The van der Waals surface area contributed by atoms with E-state index in [1.165, 1.54) is 6.07 Å². The van der Waals surface area contributed by atoms with Gasteiger partial charge >= 0.3 is 0 Å². The Labute approximate surface area is 115 Å². The fourth-order valence-electron chi connectivity index (χ4n) is 1.61. The molecule has 0 saturated heterocycles. The normalized spacial score (nSPS) is 10.6. The molecule has 0 aliphatic carbocycles. The second-order valence-corrected chi connectivity index (χ2v) is 5.47. The summed E-state index contributed by atoms with van der Waals surface area (Å²) in [7, 11) is 0. The summed E-state index contributed by atoms with van der Waals surface area (Å²) in [4.78, 5) is 0.981. The molecule has 0 radical (unpaired) electrons. The van der Waals surface area contributed by atoms with Crippen molar-refractivity contribution in [3.63, 3.8) is 0 Å². The van der Waals surface area contributed by atoms with Crippen LogP contribution in [0.4, 0.5) is 10.1 Å². The molecule has 2 N–H and O–H groups in total. The Kier molecular flexibility index (Phi) is 4.15. The number of thioether (sulfide) groups is 1. The predicted octanol–water partition coefficient (Wildman–Crippen LogP) is 4.66. The van der Waals surface area contributed by atoms with Gasteiger partial charge in [0.15, 0.2) is 0 Å². The maximum atomic E-state index is 13.0. The number of halogens is 2. The van der Waals surface area contributed by atoms with E-state index in [-0.39, 0.29) is 5.82 Å². The van der Waals surface area contributed by atoms with Crippen LogP contribution >= 0.6 is 23.4 Å². The van der Waals surface area contributed by atoms with Crippen molar-refractivity contribution < 1.29 is 4.39 Å². The Hall–Kier alpha value is -1.19. The maximum absolute atomic E-state index is 13.0. The average Bonchev–Trinajstić information content (AvgIpc) is 2.30. The number of hydrogen-bond donors (Lipinski definition) is 1. The molecule has 18 heavy (non-hydrogen) atoms. The fourth-order valence-corrected chi connectivity index (χ4v) is 2.96. The molecule has 0 amide bonds. The molecule has 2 aromatic carbocycles.